The predicted molar refractivity (Wildman–Crippen MR) is 90.7 cm³/mol. The third kappa shape index (κ3) is 4.16. The minimum absolute atomic E-state index is 0.260. The standard InChI is InChI=1S/C17H21N5O4/c1-10(15-19-21-22-20-15)18-16(23)12-6-13(17(24)25-2)8-14(7-12)26-9-11-4-3-5-11/h6-8,10-11H,3-5,9H2,1-2H3,(H,18,23)(H,19,20,21,22)/t10-/m0/s1. The van der Waals surface area contributed by atoms with Crippen LogP contribution in [-0.4, -0.2) is 46.2 Å². The fourth-order valence-electron chi connectivity index (χ4n) is 2.62. The molecule has 1 aliphatic carbocycles. The van der Waals surface area contributed by atoms with E-state index in [0.29, 0.717) is 29.7 Å². The summed E-state index contributed by atoms with van der Waals surface area (Å²) < 4.78 is 10.6. The first kappa shape index (κ1) is 17.8. The first-order valence-corrected chi connectivity index (χ1v) is 8.47. The van der Waals surface area contributed by atoms with Crippen molar-refractivity contribution in [3.8, 4) is 5.75 Å². The van der Waals surface area contributed by atoms with Crippen LogP contribution >= 0.6 is 0 Å². The van der Waals surface area contributed by atoms with Gasteiger partial charge < -0.3 is 14.8 Å². The average molecular weight is 359 g/mol. The number of ether oxygens (including phenoxy) is 2. The van der Waals surface area contributed by atoms with Crippen molar-refractivity contribution in [1.29, 1.82) is 0 Å². The molecule has 1 aromatic carbocycles. The monoisotopic (exact) mass is 359 g/mol. The molecule has 0 unspecified atom stereocenters. The number of hydrogen-bond donors (Lipinski definition) is 2. The van der Waals surface area contributed by atoms with Gasteiger partial charge in [0, 0.05) is 5.56 Å². The number of esters is 1. The van der Waals surface area contributed by atoms with E-state index in [0.717, 1.165) is 12.8 Å². The van der Waals surface area contributed by atoms with Crippen LogP contribution in [0.1, 0.15) is 58.8 Å². The number of hydrogen-bond acceptors (Lipinski definition) is 7. The predicted octanol–water partition coefficient (Wildman–Crippen LogP) is 1.66. The van der Waals surface area contributed by atoms with Gasteiger partial charge in [-0.3, -0.25) is 4.79 Å². The van der Waals surface area contributed by atoms with E-state index in [1.165, 1.54) is 19.6 Å². The molecule has 0 radical (unpaired) electrons. The number of amides is 1. The van der Waals surface area contributed by atoms with Gasteiger partial charge in [0.1, 0.15) is 5.75 Å². The molecular formula is C17H21N5O4. The summed E-state index contributed by atoms with van der Waals surface area (Å²) in [6.45, 7) is 2.31. The second-order valence-electron chi connectivity index (χ2n) is 6.31. The van der Waals surface area contributed by atoms with Crippen LogP contribution in [0.15, 0.2) is 18.2 Å². The normalized spacial score (nSPS) is 15.0. The Kier molecular flexibility index (Phi) is 5.45. The van der Waals surface area contributed by atoms with Gasteiger partial charge in [0.2, 0.25) is 0 Å². The molecule has 1 aliphatic rings. The minimum atomic E-state index is -0.528. The Labute approximate surface area is 150 Å². The third-order valence-corrected chi connectivity index (χ3v) is 4.40. The molecule has 0 bridgehead atoms. The lowest BCUT2D eigenvalue weighted by Gasteiger charge is -2.25. The molecule has 26 heavy (non-hydrogen) atoms. The lowest BCUT2D eigenvalue weighted by molar-refractivity contribution is 0.0600. The van der Waals surface area contributed by atoms with Gasteiger partial charge in [-0.15, -0.1) is 10.2 Å². The van der Waals surface area contributed by atoms with Gasteiger partial charge in [0.05, 0.1) is 25.3 Å². The Balaban J connectivity index is 1.76. The van der Waals surface area contributed by atoms with Crippen molar-refractivity contribution in [2.24, 2.45) is 5.92 Å². The Hall–Kier alpha value is -2.97. The Morgan fingerprint density at radius 3 is 2.69 bits per heavy atom. The van der Waals surface area contributed by atoms with Gasteiger partial charge in [-0.05, 0) is 43.9 Å². The zero-order valence-electron chi connectivity index (χ0n) is 14.7. The summed E-state index contributed by atoms with van der Waals surface area (Å²) in [5.74, 6) is 0.467. The van der Waals surface area contributed by atoms with Crippen molar-refractivity contribution in [2.75, 3.05) is 13.7 Å². The topological polar surface area (TPSA) is 119 Å². The number of aromatic nitrogens is 4. The number of nitrogens with zero attached hydrogens (tertiary/aromatic N) is 3. The molecule has 1 fully saturated rings. The molecule has 0 saturated heterocycles. The molecule has 1 aromatic heterocycles. The van der Waals surface area contributed by atoms with Crippen LogP contribution in [-0.2, 0) is 4.74 Å². The van der Waals surface area contributed by atoms with Gasteiger partial charge in [-0.2, -0.15) is 5.21 Å². The van der Waals surface area contributed by atoms with Crippen molar-refractivity contribution in [3.05, 3.63) is 35.2 Å². The van der Waals surface area contributed by atoms with Crippen molar-refractivity contribution in [3.63, 3.8) is 0 Å². The number of rotatable bonds is 7. The largest absolute Gasteiger partial charge is 0.493 e. The molecule has 1 atom stereocenters. The van der Waals surface area contributed by atoms with Crippen LogP contribution in [0.4, 0.5) is 0 Å². The number of H-pyrrole nitrogens is 1. The summed E-state index contributed by atoms with van der Waals surface area (Å²) in [5, 5.41) is 16.3. The highest BCUT2D eigenvalue weighted by molar-refractivity contribution is 5.98. The second-order valence-corrected chi connectivity index (χ2v) is 6.31. The van der Waals surface area contributed by atoms with Crippen molar-refractivity contribution in [1.82, 2.24) is 25.9 Å². The summed E-state index contributed by atoms with van der Waals surface area (Å²) in [5.41, 5.74) is 0.558. The van der Waals surface area contributed by atoms with Gasteiger partial charge in [-0.25, -0.2) is 4.79 Å². The summed E-state index contributed by atoms with van der Waals surface area (Å²) in [7, 11) is 1.29. The Morgan fingerprint density at radius 2 is 2.08 bits per heavy atom. The van der Waals surface area contributed by atoms with E-state index in [1.807, 2.05) is 0 Å². The number of aromatic amines is 1. The highest BCUT2D eigenvalue weighted by atomic mass is 16.5. The molecule has 3 rings (SSSR count). The molecule has 0 aliphatic heterocycles. The van der Waals surface area contributed by atoms with Crippen LogP contribution in [0.2, 0.25) is 0 Å². The molecule has 2 N–H and O–H groups in total. The maximum Gasteiger partial charge on any atom is 0.338 e. The summed E-state index contributed by atoms with van der Waals surface area (Å²) in [6, 6.07) is 4.23. The van der Waals surface area contributed by atoms with Crippen LogP contribution in [0.3, 0.4) is 0 Å². The van der Waals surface area contributed by atoms with E-state index in [4.69, 9.17) is 9.47 Å². The molecular weight excluding hydrogens is 338 g/mol. The van der Waals surface area contributed by atoms with Gasteiger partial charge in [0.15, 0.2) is 5.82 Å². The van der Waals surface area contributed by atoms with Crippen LogP contribution in [0.25, 0.3) is 0 Å². The van der Waals surface area contributed by atoms with Crippen molar-refractivity contribution >= 4 is 11.9 Å². The second kappa shape index (κ2) is 7.94. The molecule has 1 heterocycles. The van der Waals surface area contributed by atoms with Crippen molar-refractivity contribution < 1.29 is 19.1 Å². The highest BCUT2D eigenvalue weighted by Crippen LogP contribution is 2.28. The van der Waals surface area contributed by atoms with Crippen LogP contribution in [0.5, 0.6) is 5.75 Å². The SMILES string of the molecule is COC(=O)c1cc(OCC2CCC2)cc(C(=O)N[C@@H](C)c2nn[nH]n2)c1. The lowest BCUT2D eigenvalue weighted by Crippen LogP contribution is -2.27. The van der Waals surface area contributed by atoms with Gasteiger partial charge >= 0.3 is 5.97 Å². The number of benzene rings is 1. The van der Waals surface area contributed by atoms with E-state index in [1.54, 1.807) is 19.1 Å². The van der Waals surface area contributed by atoms with Crippen molar-refractivity contribution in [2.45, 2.75) is 32.2 Å². The summed E-state index contributed by atoms with van der Waals surface area (Å²) >= 11 is 0. The van der Waals surface area contributed by atoms with Gasteiger partial charge in [0.25, 0.3) is 5.91 Å². The first-order chi connectivity index (χ1) is 12.6. The van der Waals surface area contributed by atoms with E-state index in [2.05, 4.69) is 25.9 Å². The molecule has 1 saturated carbocycles. The number of carbonyl (C=O) groups excluding carboxylic acids is 2. The molecule has 9 heteroatoms. The van der Waals surface area contributed by atoms with E-state index in [9.17, 15) is 9.59 Å². The molecule has 0 spiro atoms. The van der Waals surface area contributed by atoms with Crippen LogP contribution in [0, 0.1) is 5.92 Å². The third-order valence-electron chi connectivity index (χ3n) is 4.40. The Morgan fingerprint density at radius 1 is 1.31 bits per heavy atom. The van der Waals surface area contributed by atoms with Crippen LogP contribution < -0.4 is 10.1 Å². The Bertz CT molecular complexity index is 773. The summed E-state index contributed by atoms with van der Waals surface area (Å²) in [6.07, 6.45) is 3.51. The zero-order valence-corrected chi connectivity index (χ0v) is 14.7. The fourth-order valence-corrected chi connectivity index (χ4v) is 2.62. The van der Waals surface area contributed by atoms with E-state index in [-0.39, 0.29) is 11.5 Å². The van der Waals surface area contributed by atoms with Gasteiger partial charge in [-0.1, -0.05) is 11.6 Å². The number of carbonyl (C=O) groups is 2. The molecule has 1 amide bonds. The van der Waals surface area contributed by atoms with E-state index >= 15 is 0 Å². The molecule has 138 valence electrons. The molecule has 9 nitrogen and oxygen atoms in total. The van der Waals surface area contributed by atoms with E-state index < -0.39 is 12.0 Å². The highest BCUT2D eigenvalue weighted by Gasteiger charge is 2.20. The summed E-state index contributed by atoms with van der Waals surface area (Å²) in [4.78, 5) is 24.5. The quantitative estimate of drug-likeness (QED) is 0.721. The fraction of sp³-hybridized carbons (Fsp3) is 0.471. The maximum absolute atomic E-state index is 12.6. The maximum atomic E-state index is 12.6. The number of tetrazole rings is 1. The molecule has 2 aromatic rings. The number of methoxy groups -OCH3 is 1. The minimum Gasteiger partial charge on any atom is -0.493 e. The lowest BCUT2D eigenvalue weighted by atomic mass is 9.86. The average Bonchev–Trinajstić information content (AvgIpc) is 3.14. The number of nitrogens with one attached hydrogen (secondary N) is 2. The smallest absolute Gasteiger partial charge is 0.338 e. The first-order valence-electron chi connectivity index (χ1n) is 8.47. The zero-order chi connectivity index (χ0) is 18.5.